The summed E-state index contributed by atoms with van der Waals surface area (Å²) in [5, 5.41) is 79.1. The molecule has 2 aliphatic heterocycles. The van der Waals surface area contributed by atoms with Gasteiger partial charge in [0.05, 0.1) is 18.8 Å². The minimum absolute atomic E-state index is 0.0707. The largest absolute Gasteiger partial charge is 0.481 e. The average molecular weight is 717 g/mol. The maximum absolute atomic E-state index is 11.5. The van der Waals surface area contributed by atoms with Crippen molar-refractivity contribution in [3.8, 4) is 0 Å². The van der Waals surface area contributed by atoms with E-state index >= 15 is 0 Å². The second-order valence-electron chi connectivity index (χ2n) is 13.2. The predicted molar refractivity (Wildman–Crippen MR) is 178 cm³/mol. The number of allylic oxidation sites excluding steroid dienone is 5. The lowest BCUT2D eigenvalue weighted by Crippen LogP contribution is -2.60. The van der Waals surface area contributed by atoms with Crippen LogP contribution in [0, 0.1) is 0 Å². The van der Waals surface area contributed by atoms with E-state index in [-0.39, 0.29) is 6.61 Å². The summed E-state index contributed by atoms with van der Waals surface area (Å²) in [7, 11) is 0. The highest BCUT2D eigenvalue weighted by Crippen LogP contribution is 2.29. The van der Waals surface area contributed by atoms with Crippen LogP contribution in [-0.4, -0.2) is 140 Å². The third-order valence-corrected chi connectivity index (χ3v) is 8.71. The number of aliphatic hydroxyl groups excluding tert-OH is 7. The first-order valence-electron chi connectivity index (χ1n) is 16.8. The molecule has 11 atom stereocenters. The summed E-state index contributed by atoms with van der Waals surface area (Å²) in [6.45, 7) is 10.6. The van der Waals surface area contributed by atoms with E-state index in [1.165, 1.54) is 11.1 Å². The highest BCUT2D eigenvalue weighted by molar-refractivity contribution is 5.90. The summed E-state index contributed by atoms with van der Waals surface area (Å²) in [6, 6.07) is 0. The van der Waals surface area contributed by atoms with Crippen molar-refractivity contribution in [1.29, 1.82) is 0 Å². The maximum Gasteiger partial charge on any atom is 0.317 e. The minimum atomic E-state index is -1.63. The molecule has 0 saturated carbocycles. The van der Waals surface area contributed by atoms with Crippen molar-refractivity contribution in [3.63, 3.8) is 0 Å². The van der Waals surface area contributed by atoms with Crippen molar-refractivity contribution < 1.29 is 74.1 Å². The van der Waals surface area contributed by atoms with Gasteiger partial charge in [-0.25, -0.2) is 0 Å². The van der Waals surface area contributed by atoms with Crippen LogP contribution in [0.1, 0.15) is 72.6 Å². The molecule has 50 heavy (non-hydrogen) atoms. The van der Waals surface area contributed by atoms with Crippen molar-refractivity contribution in [2.24, 2.45) is 0 Å². The van der Waals surface area contributed by atoms with E-state index in [0.29, 0.717) is 12.8 Å². The fraction of sp³-hybridized carbons (Fsp3) is 0.714. The summed E-state index contributed by atoms with van der Waals surface area (Å²) in [6.07, 6.45) is -2.64. The van der Waals surface area contributed by atoms with Gasteiger partial charge in [0.25, 0.3) is 0 Å². The quantitative estimate of drug-likeness (QED) is 0.0493. The van der Waals surface area contributed by atoms with Crippen LogP contribution in [0.5, 0.6) is 0 Å². The molecule has 0 unspecified atom stereocenters. The molecule has 0 aromatic carbocycles. The van der Waals surface area contributed by atoms with Crippen molar-refractivity contribution in [2.75, 3.05) is 19.8 Å². The van der Waals surface area contributed by atoms with E-state index in [0.717, 1.165) is 31.3 Å². The summed E-state index contributed by atoms with van der Waals surface area (Å²) >= 11 is 0. The zero-order valence-corrected chi connectivity index (χ0v) is 29.3. The number of carboxylic acids is 1. The van der Waals surface area contributed by atoms with Gasteiger partial charge < -0.3 is 64.5 Å². The van der Waals surface area contributed by atoms with Gasteiger partial charge in [-0.1, -0.05) is 41.0 Å². The van der Waals surface area contributed by atoms with E-state index in [4.69, 9.17) is 28.8 Å². The normalized spacial score (nSPS) is 32.3. The molecule has 2 heterocycles. The molecule has 0 spiro atoms. The molecule has 0 bridgehead atoms. The molecule has 8 N–H and O–H groups in total. The van der Waals surface area contributed by atoms with E-state index in [9.17, 15) is 45.3 Å². The molecule has 2 fully saturated rings. The first-order valence-corrected chi connectivity index (χ1v) is 16.8. The first kappa shape index (κ1) is 43.6. The standard InChI is InChI=1S/C35H56O15/c1-6-35(5,50-34-32(45)29(42)27(40)23(17-36)48-34)15-9-14-21(3)11-7-10-20(2)12-8-13-22(4)18-47-33-31(44)30(43)28(41)24(49-33)19-46-26(39)16-25(37)38/h6,10,13-14,23-24,27-34,36,40-45H,1,7-9,11-12,15-19H2,2-5H3,(H,37,38)/b20-10+,21-14+,22-13-/t23-,24-,27-,28-,29+,30+,31-,32-,33-,34+,35-/m1/s1. The van der Waals surface area contributed by atoms with Gasteiger partial charge in [0.15, 0.2) is 12.6 Å². The second-order valence-corrected chi connectivity index (χ2v) is 13.2. The Morgan fingerprint density at radius 1 is 0.760 bits per heavy atom. The molecule has 2 rings (SSSR count). The number of esters is 1. The number of carboxylic acid groups (broad SMARTS) is 1. The van der Waals surface area contributed by atoms with Gasteiger partial charge in [0.1, 0.15) is 61.9 Å². The van der Waals surface area contributed by atoms with Gasteiger partial charge >= 0.3 is 11.9 Å². The third kappa shape index (κ3) is 13.9. The number of aliphatic hydroxyl groups is 7. The second kappa shape index (κ2) is 21.1. The zero-order valence-electron chi connectivity index (χ0n) is 29.3. The summed E-state index contributed by atoms with van der Waals surface area (Å²) in [5.41, 5.74) is 2.35. The minimum Gasteiger partial charge on any atom is -0.481 e. The average Bonchev–Trinajstić information content (AvgIpc) is 3.06. The van der Waals surface area contributed by atoms with Crippen LogP contribution >= 0.6 is 0 Å². The fourth-order valence-corrected chi connectivity index (χ4v) is 5.35. The van der Waals surface area contributed by atoms with Crippen LogP contribution in [0.4, 0.5) is 0 Å². The van der Waals surface area contributed by atoms with E-state index in [2.05, 4.69) is 18.7 Å². The lowest BCUT2D eigenvalue weighted by Gasteiger charge is -2.42. The van der Waals surface area contributed by atoms with Gasteiger partial charge in [0, 0.05) is 0 Å². The Bertz CT molecular complexity index is 1180. The SMILES string of the molecule is C=C[C@](C)(CC/C=C(\C)CC/C=C(\C)CC/C=C(/C)CO[C@@H]1O[C@H](COC(=O)CC(=O)O)[C@@H](O)[C@H](O)[C@H]1O)O[C@@H]1O[C@H](CO)[C@@H](O)[C@H](O)[C@H]1O. The summed E-state index contributed by atoms with van der Waals surface area (Å²) in [4.78, 5) is 22.2. The molecule has 2 aliphatic rings. The number of rotatable bonds is 20. The molecule has 15 nitrogen and oxygen atoms in total. The molecule has 0 amide bonds. The Hall–Kier alpha value is -2.54. The molecular weight excluding hydrogens is 660 g/mol. The Morgan fingerprint density at radius 2 is 1.28 bits per heavy atom. The number of ether oxygens (including phenoxy) is 5. The lowest BCUT2D eigenvalue weighted by atomic mass is 9.96. The van der Waals surface area contributed by atoms with Gasteiger partial charge in [-0.15, -0.1) is 6.58 Å². The molecule has 0 aliphatic carbocycles. The highest BCUT2D eigenvalue weighted by atomic mass is 16.7. The molecule has 0 aromatic rings. The maximum atomic E-state index is 11.5. The Labute approximate surface area is 293 Å². The summed E-state index contributed by atoms with van der Waals surface area (Å²) < 4.78 is 27.3. The smallest absolute Gasteiger partial charge is 0.317 e. The van der Waals surface area contributed by atoms with Crippen molar-refractivity contribution in [1.82, 2.24) is 0 Å². The van der Waals surface area contributed by atoms with Gasteiger partial charge in [-0.05, 0) is 66.2 Å². The van der Waals surface area contributed by atoms with Crippen LogP contribution in [0.2, 0.25) is 0 Å². The van der Waals surface area contributed by atoms with Gasteiger partial charge in [-0.2, -0.15) is 0 Å². The number of carbonyl (C=O) groups excluding carboxylic acids is 1. The monoisotopic (exact) mass is 716 g/mol. The number of carbonyl (C=O) groups is 2. The van der Waals surface area contributed by atoms with Crippen LogP contribution in [0.15, 0.2) is 47.6 Å². The van der Waals surface area contributed by atoms with Crippen LogP contribution in [0.3, 0.4) is 0 Å². The topological polar surface area (TPSA) is 242 Å². The van der Waals surface area contributed by atoms with E-state index in [1.54, 1.807) is 13.0 Å². The highest BCUT2D eigenvalue weighted by Gasteiger charge is 2.46. The molecule has 2 saturated heterocycles. The summed E-state index contributed by atoms with van der Waals surface area (Å²) in [5.74, 6) is -2.41. The Morgan fingerprint density at radius 3 is 1.84 bits per heavy atom. The predicted octanol–water partition coefficient (Wildman–Crippen LogP) is 0.769. The first-order chi connectivity index (χ1) is 23.5. The molecule has 286 valence electrons. The fourth-order valence-electron chi connectivity index (χ4n) is 5.35. The third-order valence-electron chi connectivity index (χ3n) is 8.71. The number of hydrogen-bond donors (Lipinski definition) is 8. The molecular formula is C35H56O15. The van der Waals surface area contributed by atoms with Crippen molar-refractivity contribution in [3.05, 3.63) is 47.6 Å². The van der Waals surface area contributed by atoms with E-state index in [1.807, 2.05) is 26.8 Å². The number of aliphatic carboxylic acids is 1. The molecule has 0 aromatic heterocycles. The molecule has 15 heteroatoms. The van der Waals surface area contributed by atoms with Crippen LogP contribution < -0.4 is 0 Å². The number of hydrogen-bond acceptors (Lipinski definition) is 14. The van der Waals surface area contributed by atoms with Crippen LogP contribution in [-0.2, 0) is 33.3 Å². The van der Waals surface area contributed by atoms with Crippen LogP contribution in [0.25, 0.3) is 0 Å². The Balaban J connectivity index is 1.75. The lowest BCUT2D eigenvalue weighted by molar-refractivity contribution is -0.319. The van der Waals surface area contributed by atoms with Gasteiger partial charge in [-0.3, -0.25) is 9.59 Å². The van der Waals surface area contributed by atoms with Crippen molar-refractivity contribution in [2.45, 2.75) is 140 Å². The van der Waals surface area contributed by atoms with E-state index < -0.39 is 98.6 Å². The molecule has 0 radical (unpaired) electrons. The van der Waals surface area contributed by atoms with Gasteiger partial charge in [0.2, 0.25) is 0 Å². The van der Waals surface area contributed by atoms with Crippen molar-refractivity contribution >= 4 is 11.9 Å². The Kier molecular flexibility index (Phi) is 18.4. The zero-order chi connectivity index (χ0) is 37.6.